The lowest BCUT2D eigenvalue weighted by molar-refractivity contribution is -0.184. The van der Waals surface area contributed by atoms with Gasteiger partial charge in [0.05, 0.1) is 24.0 Å². The van der Waals surface area contributed by atoms with Gasteiger partial charge >= 0.3 is 11.9 Å². The van der Waals surface area contributed by atoms with Crippen molar-refractivity contribution in [2.75, 3.05) is 6.61 Å². The van der Waals surface area contributed by atoms with Crippen molar-refractivity contribution >= 4 is 11.9 Å². The first-order chi connectivity index (χ1) is 7.46. The Hall–Kier alpha value is -1.10. The first-order valence-corrected chi connectivity index (χ1v) is 5.56. The van der Waals surface area contributed by atoms with E-state index in [0.29, 0.717) is 12.8 Å². The van der Waals surface area contributed by atoms with Crippen LogP contribution < -0.4 is 0 Å². The molecule has 1 fully saturated rings. The van der Waals surface area contributed by atoms with Gasteiger partial charge in [0.25, 0.3) is 0 Å². The summed E-state index contributed by atoms with van der Waals surface area (Å²) in [6.45, 7) is 3.86. The van der Waals surface area contributed by atoms with Gasteiger partial charge in [-0.1, -0.05) is 13.8 Å². The molecule has 16 heavy (non-hydrogen) atoms. The highest BCUT2D eigenvalue weighted by molar-refractivity contribution is 5.75. The van der Waals surface area contributed by atoms with Gasteiger partial charge in [0.15, 0.2) is 0 Å². The lowest BCUT2D eigenvalue weighted by Crippen LogP contribution is -2.51. The van der Waals surface area contributed by atoms with Gasteiger partial charge < -0.3 is 14.9 Å². The molecule has 0 amide bonds. The zero-order valence-electron chi connectivity index (χ0n) is 9.60. The van der Waals surface area contributed by atoms with Gasteiger partial charge in [0, 0.05) is 0 Å². The molecular formula is C11H18O5. The SMILES string of the molecule is CCC1(CC)OCC(C(=O)O)CC1C(=O)O. The molecule has 1 heterocycles. The smallest absolute Gasteiger partial charge is 0.309 e. The van der Waals surface area contributed by atoms with E-state index in [9.17, 15) is 9.59 Å². The van der Waals surface area contributed by atoms with E-state index >= 15 is 0 Å². The number of rotatable bonds is 4. The molecule has 0 spiro atoms. The Labute approximate surface area is 94.4 Å². The minimum Gasteiger partial charge on any atom is -0.481 e. The molecule has 0 radical (unpaired) electrons. The summed E-state index contributed by atoms with van der Waals surface area (Å²) in [5.74, 6) is -3.37. The van der Waals surface area contributed by atoms with Crippen LogP contribution in [0.15, 0.2) is 0 Å². The molecule has 0 saturated carbocycles. The Morgan fingerprint density at radius 3 is 2.19 bits per heavy atom. The third-order valence-electron chi connectivity index (χ3n) is 3.57. The lowest BCUT2D eigenvalue weighted by atomic mass is 9.75. The minimum atomic E-state index is -0.980. The molecule has 2 N–H and O–H groups in total. The summed E-state index contributed by atoms with van der Waals surface area (Å²) in [7, 11) is 0. The molecule has 1 rings (SSSR count). The number of carboxylic acids is 2. The first kappa shape index (κ1) is 13.0. The maximum Gasteiger partial charge on any atom is 0.309 e. The van der Waals surface area contributed by atoms with Gasteiger partial charge in [-0.2, -0.15) is 0 Å². The van der Waals surface area contributed by atoms with Crippen molar-refractivity contribution in [1.29, 1.82) is 0 Å². The van der Waals surface area contributed by atoms with Crippen molar-refractivity contribution in [2.45, 2.75) is 38.7 Å². The van der Waals surface area contributed by atoms with E-state index in [2.05, 4.69) is 0 Å². The zero-order chi connectivity index (χ0) is 12.3. The van der Waals surface area contributed by atoms with E-state index in [4.69, 9.17) is 14.9 Å². The summed E-state index contributed by atoms with van der Waals surface area (Å²) in [6, 6.07) is 0. The molecule has 5 nitrogen and oxygen atoms in total. The predicted molar refractivity (Wildman–Crippen MR) is 56.1 cm³/mol. The van der Waals surface area contributed by atoms with Crippen molar-refractivity contribution < 1.29 is 24.5 Å². The van der Waals surface area contributed by atoms with Gasteiger partial charge in [0.1, 0.15) is 0 Å². The average molecular weight is 230 g/mol. The molecular weight excluding hydrogens is 212 g/mol. The highest BCUT2D eigenvalue weighted by atomic mass is 16.5. The minimum absolute atomic E-state index is 0.112. The largest absolute Gasteiger partial charge is 0.481 e. The molecule has 1 aliphatic rings. The Bertz CT molecular complexity index is 282. The number of carboxylic acid groups (broad SMARTS) is 2. The Balaban J connectivity index is 2.90. The van der Waals surface area contributed by atoms with Crippen LogP contribution in [0.1, 0.15) is 33.1 Å². The van der Waals surface area contributed by atoms with Gasteiger partial charge in [-0.05, 0) is 19.3 Å². The molecule has 0 aromatic heterocycles. The van der Waals surface area contributed by atoms with Crippen LogP contribution in [0.25, 0.3) is 0 Å². The highest BCUT2D eigenvalue weighted by Crippen LogP contribution is 2.39. The van der Waals surface area contributed by atoms with Crippen LogP contribution in [0.2, 0.25) is 0 Å². The second kappa shape index (κ2) is 4.82. The fourth-order valence-corrected chi connectivity index (χ4v) is 2.38. The Morgan fingerprint density at radius 1 is 1.25 bits per heavy atom. The molecule has 0 aromatic carbocycles. The second-order valence-corrected chi connectivity index (χ2v) is 4.24. The first-order valence-electron chi connectivity index (χ1n) is 5.56. The van der Waals surface area contributed by atoms with Crippen LogP contribution in [0, 0.1) is 11.8 Å². The third kappa shape index (κ3) is 2.19. The third-order valence-corrected chi connectivity index (χ3v) is 3.57. The molecule has 0 aliphatic carbocycles. The molecule has 0 aromatic rings. The van der Waals surface area contributed by atoms with Gasteiger partial charge in [-0.25, -0.2) is 0 Å². The zero-order valence-corrected chi connectivity index (χ0v) is 9.60. The normalized spacial score (nSPS) is 28.6. The lowest BCUT2D eigenvalue weighted by Gasteiger charge is -2.42. The van der Waals surface area contributed by atoms with Crippen molar-refractivity contribution in [3.63, 3.8) is 0 Å². The quantitative estimate of drug-likeness (QED) is 0.762. The average Bonchev–Trinajstić information content (AvgIpc) is 2.27. The van der Waals surface area contributed by atoms with Crippen LogP contribution >= 0.6 is 0 Å². The molecule has 1 aliphatic heterocycles. The Kier molecular flexibility index (Phi) is 3.91. The molecule has 5 heteroatoms. The standard InChI is InChI=1S/C11H18O5/c1-3-11(4-2)8(10(14)15)5-7(6-16-11)9(12)13/h7-8H,3-6H2,1-2H3,(H,12,13)(H,14,15). The van der Waals surface area contributed by atoms with Gasteiger partial charge in [0.2, 0.25) is 0 Å². The summed E-state index contributed by atoms with van der Waals surface area (Å²) in [4.78, 5) is 22.0. The summed E-state index contributed by atoms with van der Waals surface area (Å²) >= 11 is 0. The van der Waals surface area contributed by atoms with Crippen LogP contribution in [-0.4, -0.2) is 34.4 Å². The molecule has 92 valence electrons. The van der Waals surface area contributed by atoms with E-state index in [1.165, 1.54) is 0 Å². The molecule has 2 unspecified atom stereocenters. The van der Waals surface area contributed by atoms with Crippen molar-refractivity contribution in [3.8, 4) is 0 Å². The maximum absolute atomic E-state index is 11.2. The van der Waals surface area contributed by atoms with E-state index in [0.717, 1.165) is 0 Å². The predicted octanol–water partition coefficient (Wildman–Crippen LogP) is 1.37. The van der Waals surface area contributed by atoms with E-state index in [1.54, 1.807) is 0 Å². The summed E-state index contributed by atoms with van der Waals surface area (Å²) in [5, 5.41) is 18.0. The van der Waals surface area contributed by atoms with E-state index < -0.39 is 29.4 Å². The topological polar surface area (TPSA) is 83.8 Å². The maximum atomic E-state index is 11.2. The van der Waals surface area contributed by atoms with Gasteiger partial charge in [-0.15, -0.1) is 0 Å². The van der Waals surface area contributed by atoms with E-state index in [1.807, 2.05) is 13.8 Å². The second-order valence-electron chi connectivity index (χ2n) is 4.24. The summed E-state index contributed by atoms with van der Waals surface area (Å²) < 4.78 is 5.55. The summed E-state index contributed by atoms with van der Waals surface area (Å²) in [6.07, 6.45) is 1.34. The fraction of sp³-hybridized carbons (Fsp3) is 0.818. The monoisotopic (exact) mass is 230 g/mol. The van der Waals surface area contributed by atoms with Crippen LogP contribution in [0.3, 0.4) is 0 Å². The van der Waals surface area contributed by atoms with Crippen molar-refractivity contribution in [2.24, 2.45) is 11.8 Å². The molecule has 0 bridgehead atoms. The van der Waals surface area contributed by atoms with Crippen molar-refractivity contribution in [1.82, 2.24) is 0 Å². The van der Waals surface area contributed by atoms with E-state index in [-0.39, 0.29) is 13.0 Å². The van der Waals surface area contributed by atoms with Crippen molar-refractivity contribution in [3.05, 3.63) is 0 Å². The number of hydrogen-bond donors (Lipinski definition) is 2. The highest BCUT2D eigenvalue weighted by Gasteiger charge is 2.47. The van der Waals surface area contributed by atoms with Crippen LogP contribution in [0.5, 0.6) is 0 Å². The van der Waals surface area contributed by atoms with Crippen LogP contribution in [-0.2, 0) is 14.3 Å². The number of carbonyl (C=O) groups is 2. The van der Waals surface area contributed by atoms with Crippen LogP contribution in [0.4, 0.5) is 0 Å². The number of ether oxygens (including phenoxy) is 1. The Morgan fingerprint density at radius 2 is 1.81 bits per heavy atom. The number of aliphatic carboxylic acids is 2. The van der Waals surface area contributed by atoms with Gasteiger partial charge in [-0.3, -0.25) is 9.59 Å². The molecule has 2 atom stereocenters. The fourth-order valence-electron chi connectivity index (χ4n) is 2.38. The number of hydrogen-bond acceptors (Lipinski definition) is 3. The summed E-state index contributed by atoms with van der Waals surface area (Å²) in [5.41, 5.74) is -0.697. The molecule has 1 saturated heterocycles.